The van der Waals surface area contributed by atoms with Crippen LogP contribution < -0.4 is 10.6 Å². The second-order valence-electron chi connectivity index (χ2n) is 8.73. The van der Waals surface area contributed by atoms with Gasteiger partial charge in [0.2, 0.25) is 0 Å². The number of pyridine rings is 1. The van der Waals surface area contributed by atoms with Crippen LogP contribution in [0, 0.1) is 11.8 Å². The molecule has 0 radical (unpaired) electrons. The maximum absolute atomic E-state index is 5.49. The van der Waals surface area contributed by atoms with Crippen molar-refractivity contribution in [1.29, 1.82) is 0 Å². The zero-order chi connectivity index (χ0) is 20.8. The zero-order valence-electron chi connectivity index (χ0n) is 17.8. The van der Waals surface area contributed by atoms with E-state index in [1.54, 1.807) is 0 Å². The first-order valence-corrected chi connectivity index (χ1v) is 11.5. The van der Waals surface area contributed by atoms with Gasteiger partial charge in [0, 0.05) is 56.2 Å². The van der Waals surface area contributed by atoms with Gasteiger partial charge in [0.25, 0.3) is 0 Å². The maximum Gasteiger partial charge on any atom is 0.170 e. The summed E-state index contributed by atoms with van der Waals surface area (Å²) in [5.41, 5.74) is 2.22. The van der Waals surface area contributed by atoms with E-state index in [9.17, 15) is 0 Å². The average molecular weight is 424 g/mol. The molecule has 30 heavy (non-hydrogen) atoms. The van der Waals surface area contributed by atoms with E-state index in [2.05, 4.69) is 44.6 Å². The van der Waals surface area contributed by atoms with E-state index < -0.39 is 0 Å². The van der Waals surface area contributed by atoms with Gasteiger partial charge in [-0.25, -0.2) is 0 Å². The Bertz CT molecular complexity index is 800. The lowest BCUT2D eigenvalue weighted by Gasteiger charge is -2.50. The monoisotopic (exact) mass is 423 g/mol. The molecule has 3 saturated heterocycles. The van der Waals surface area contributed by atoms with Gasteiger partial charge in [-0.3, -0.25) is 9.88 Å². The Kier molecular flexibility index (Phi) is 7.31. The summed E-state index contributed by atoms with van der Waals surface area (Å²) in [6.45, 7) is 5.62. The SMILES string of the molecule is CN(CCc1ccccn1)C[C@@H]1CN2CC[C@H]1C[C@@H]2CNC(=S)Nc1ccccc1. The van der Waals surface area contributed by atoms with Crippen LogP contribution in [0.25, 0.3) is 0 Å². The summed E-state index contributed by atoms with van der Waals surface area (Å²) in [6, 6.07) is 16.9. The van der Waals surface area contributed by atoms with Crippen LogP contribution in [0.5, 0.6) is 0 Å². The van der Waals surface area contributed by atoms with Crippen LogP contribution in [-0.4, -0.2) is 65.7 Å². The van der Waals surface area contributed by atoms with Crippen LogP contribution in [0.2, 0.25) is 0 Å². The van der Waals surface area contributed by atoms with Crippen molar-refractivity contribution in [3.8, 4) is 0 Å². The summed E-state index contributed by atoms with van der Waals surface area (Å²) < 4.78 is 0. The van der Waals surface area contributed by atoms with Crippen LogP contribution in [0.4, 0.5) is 5.69 Å². The third-order valence-corrected chi connectivity index (χ3v) is 6.81. The minimum atomic E-state index is 0.592. The molecule has 2 bridgehead atoms. The minimum absolute atomic E-state index is 0.592. The Morgan fingerprint density at radius 3 is 2.77 bits per heavy atom. The van der Waals surface area contributed by atoms with E-state index in [1.807, 2.05) is 42.6 Å². The third kappa shape index (κ3) is 5.78. The van der Waals surface area contributed by atoms with Crippen molar-refractivity contribution < 1.29 is 0 Å². The first kappa shape index (κ1) is 21.2. The number of fused-ring (bicyclic) bond motifs is 3. The van der Waals surface area contributed by atoms with Crippen molar-refractivity contribution in [2.24, 2.45) is 11.8 Å². The lowest BCUT2D eigenvalue weighted by molar-refractivity contribution is -0.00757. The highest BCUT2D eigenvalue weighted by molar-refractivity contribution is 7.80. The maximum atomic E-state index is 5.49. The predicted octanol–water partition coefficient (Wildman–Crippen LogP) is 3.25. The van der Waals surface area contributed by atoms with Gasteiger partial charge in [-0.05, 0) is 74.8 Å². The first-order valence-electron chi connectivity index (χ1n) is 11.1. The first-order chi connectivity index (χ1) is 14.7. The molecule has 160 valence electrons. The van der Waals surface area contributed by atoms with E-state index in [4.69, 9.17) is 12.2 Å². The molecule has 3 aliphatic rings. The fraction of sp³-hybridized carbons (Fsp3) is 0.500. The van der Waals surface area contributed by atoms with Gasteiger partial charge < -0.3 is 15.5 Å². The standard InChI is InChI=1S/C24H33N5S/c1-28(13-11-21-7-5-6-12-25-21)17-20-18-29-14-10-19(20)15-23(29)16-26-24(30)27-22-8-3-2-4-9-22/h2-9,12,19-20,23H,10-11,13-18H2,1H3,(H2,26,27,30)/t19-,20+,23+/m0/s1. The van der Waals surface area contributed by atoms with Crippen molar-refractivity contribution in [3.05, 3.63) is 60.4 Å². The molecule has 0 saturated carbocycles. The highest BCUT2D eigenvalue weighted by Gasteiger charge is 2.40. The highest BCUT2D eigenvalue weighted by atomic mass is 32.1. The van der Waals surface area contributed by atoms with E-state index in [-0.39, 0.29) is 0 Å². The smallest absolute Gasteiger partial charge is 0.170 e. The number of benzene rings is 1. The molecule has 0 amide bonds. The fourth-order valence-electron chi connectivity index (χ4n) is 4.92. The number of anilines is 1. The number of nitrogens with zero attached hydrogens (tertiary/aromatic N) is 3. The Balaban J connectivity index is 1.20. The average Bonchev–Trinajstić information content (AvgIpc) is 2.78. The molecule has 5 nitrogen and oxygen atoms in total. The second-order valence-corrected chi connectivity index (χ2v) is 9.14. The molecule has 4 atom stereocenters. The number of piperidine rings is 3. The molecule has 4 heterocycles. The van der Waals surface area contributed by atoms with Crippen LogP contribution in [-0.2, 0) is 6.42 Å². The van der Waals surface area contributed by atoms with Gasteiger partial charge in [-0.15, -0.1) is 0 Å². The molecule has 2 aromatic rings. The van der Waals surface area contributed by atoms with Crippen molar-refractivity contribution in [1.82, 2.24) is 20.1 Å². The van der Waals surface area contributed by atoms with Gasteiger partial charge in [-0.2, -0.15) is 0 Å². The number of para-hydroxylation sites is 1. The summed E-state index contributed by atoms with van der Waals surface area (Å²) in [5, 5.41) is 7.44. The normalized spacial score (nSPS) is 25.3. The molecule has 3 aliphatic heterocycles. The van der Waals surface area contributed by atoms with Gasteiger partial charge in [0.1, 0.15) is 0 Å². The van der Waals surface area contributed by atoms with Crippen LogP contribution >= 0.6 is 12.2 Å². The van der Waals surface area contributed by atoms with Gasteiger partial charge >= 0.3 is 0 Å². The van der Waals surface area contributed by atoms with Crippen LogP contribution in [0.15, 0.2) is 54.7 Å². The van der Waals surface area contributed by atoms with Gasteiger partial charge in [-0.1, -0.05) is 24.3 Å². The number of aromatic nitrogens is 1. The molecule has 1 aromatic heterocycles. The van der Waals surface area contributed by atoms with Crippen molar-refractivity contribution in [2.45, 2.75) is 25.3 Å². The largest absolute Gasteiger partial charge is 0.361 e. The summed E-state index contributed by atoms with van der Waals surface area (Å²) in [4.78, 5) is 9.62. The summed E-state index contributed by atoms with van der Waals surface area (Å²) in [7, 11) is 2.26. The van der Waals surface area contributed by atoms with Crippen LogP contribution in [0.1, 0.15) is 18.5 Å². The molecule has 6 heteroatoms. The van der Waals surface area contributed by atoms with E-state index in [0.29, 0.717) is 6.04 Å². The van der Waals surface area contributed by atoms with E-state index in [0.717, 1.165) is 42.1 Å². The molecule has 1 aromatic carbocycles. The van der Waals surface area contributed by atoms with Gasteiger partial charge in [0.05, 0.1) is 0 Å². The Labute approximate surface area is 185 Å². The predicted molar refractivity (Wildman–Crippen MR) is 128 cm³/mol. The fourth-order valence-corrected chi connectivity index (χ4v) is 5.12. The molecule has 3 fully saturated rings. The van der Waals surface area contributed by atoms with E-state index >= 15 is 0 Å². The lowest BCUT2D eigenvalue weighted by Crippen LogP contribution is -2.58. The number of rotatable bonds is 8. The molecular weight excluding hydrogens is 390 g/mol. The molecule has 1 unspecified atom stereocenters. The number of hydrogen-bond acceptors (Lipinski definition) is 4. The number of nitrogens with one attached hydrogen (secondary N) is 2. The van der Waals surface area contributed by atoms with Crippen molar-refractivity contribution in [3.63, 3.8) is 0 Å². The second kappa shape index (κ2) is 10.3. The third-order valence-electron chi connectivity index (χ3n) is 6.57. The van der Waals surface area contributed by atoms with E-state index in [1.165, 1.54) is 38.2 Å². The molecule has 2 N–H and O–H groups in total. The summed E-state index contributed by atoms with van der Waals surface area (Å²) in [6.07, 6.45) is 5.52. The quantitative estimate of drug-likeness (QED) is 0.636. The zero-order valence-corrected chi connectivity index (χ0v) is 18.7. The highest BCUT2D eigenvalue weighted by Crippen LogP contribution is 2.36. The minimum Gasteiger partial charge on any atom is -0.361 e. The van der Waals surface area contributed by atoms with Crippen molar-refractivity contribution >= 4 is 23.0 Å². The van der Waals surface area contributed by atoms with Crippen LogP contribution in [0.3, 0.4) is 0 Å². The Morgan fingerprint density at radius 2 is 2.03 bits per heavy atom. The van der Waals surface area contributed by atoms with Crippen molar-refractivity contribution in [2.75, 3.05) is 45.1 Å². The van der Waals surface area contributed by atoms with Gasteiger partial charge in [0.15, 0.2) is 5.11 Å². The summed E-state index contributed by atoms with van der Waals surface area (Å²) >= 11 is 5.49. The molecular formula is C24H33N5S. The molecule has 0 aliphatic carbocycles. The Morgan fingerprint density at radius 1 is 1.20 bits per heavy atom. The number of thiocarbonyl (C=S) groups is 1. The molecule has 0 spiro atoms. The number of likely N-dealkylation sites (N-methyl/N-ethyl adjacent to an activating group) is 1. The molecule has 5 rings (SSSR count). The lowest BCUT2D eigenvalue weighted by atomic mass is 9.75. The number of hydrogen-bond donors (Lipinski definition) is 2. The topological polar surface area (TPSA) is 43.4 Å². The Hall–Kier alpha value is -2.02. The summed E-state index contributed by atoms with van der Waals surface area (Å²) in [5.74, 6) is 1.60.